The summed E-state index contributed by atoms with van der Waals surface area (Å²) >= 11 is 9.26. The van der Waals surface area contributed by atoms with Gasteiger partial charge in [0.05, 0.1) is 5.92 Å². The van der Waals surface area contributed by atoms with Crippen LogP contribution in [0.3, 0.4) is 0 Å². The molecule has 0 aliphatic rings. The average molecular weight is 358 g/mol. The van der Waals surface area contributed by atoms with E-state index in [0.717, 1.165) is 4.47 Å². The molecule has 0 radical (unpaired) electrons. The van der Waals surface area contributed by atoms with Gasteiger partial charge in [-0.25, -0.2) is 4.39 Å². The van der Waals surface area contributed by atoms with Gasteiger partial charge in [0.25, 0.3) is 0 Å². The number of hydrogen-bond acceptors (Lipinski definition) is 1. The molecule has 2 rings (SSSR count). The van der Waals surface area contributed by atoms with Crippen LogP contribution in [0, 0.1) is 5.82 Å². The van der Waals surface area contributed by atoms with Crippen LogP contribution >= 0.6 is 27.5 Å². The Hall–Kier alpha value is -1.39. The van der Waals surface area contributed by atoms with Crippen molar-refractivity contribution in [2.24, 2.45) is 0 Å². The predicted octanol–water partition coefficient (Wildman–Crippen LogP) is 4.65. The van der Waals surface area contributed by atoms with E-state index < -0.39 is 17.7 Å². The third kappa shape index (κ3) is 3.58. The SMILES string of the molecule is O=C(O)C(Cc1ccc(F)cc1Cl)c1ccc(Br)cc1. The zero-order valence-corrected chi connectivity index (χ0v) is 12.7. The van der Waals surface area contributed by atoms with Crippen molar-refractivity contribution in [3.8, 4) is 0 Å². The zero-order chi connectivity index (χ0) is 14.7. The Labute approximate surface area is 129 Å². The number of rotatable bonds is 4. The molecule has 2 aromatic carbocycles. The lowest BCUT2D eigenvalue weighted by molar-refractivity contribution is -0.138. The fourth-order valence-electron chi connectivity index (χ4n) is 1.95. The van der Waals surface area contributed by atoms with Crippen molar-refractivity contribution >= 4 is 33.5 Å². The second kappa shape index (κ2) is 6.37. The number of halogens is 3. The maximum absolute atomic E-state index is 13.0. The molecule has 0 saturated heterocycles. The van der Waals surface area contributed by atoms with E-state index in [9.17, 15) is 14.3 Å². The van der Waals surface area contributed by atoms with Gasteiger partial charge >= 0.3 is 5.97 Å². The number of hydrogen-bond donors (Lipinski definition) is 1. The van der Waals surface area contributed by atoms with Gasteiger partial charge in [-0.3, -0.25) is 4.79 Å². The molecule has 0 bridgehead atoms. The highest BCUT2D eigenvalue weighted by atomic mass is 79.9. The Balaban J connectivity index is 2.30. The highest BCUT2D eigenvalue weighted by Gasteiger charge is 2.21. The Morgan fingerprint density at radius 3 is 2.45 bits per heavy atom. The van der Waals surface area contributed by atoms with E-state index >= 15 is 0 Å². The summed E-state index contributed by atoms with van der Waals surface area (Å²) in [5, 5.41) is 9.62. The normalized spacial score (nSPS) is 12.2. The van der Waals surface area contributed by atoms with Crippen LogP contribution in [0.4, 0.5) is 4.39 Å². The molecular weight excluding hydrogens is 347 g/mol. The number of benzene rings is 2. The van der Waals surface area contributed by atoms with Crippen LogP contribution in [0.15, 0.2) is 46.9 Å². The van der Waals surface area contributed by atoms with Gasteiger partial charge in [-0.1, -0.05) is 45.7 Å². The maximum Gasteiger partial charge on any atom is 0.311 e. The molecule has 0 heterocycles. The molecule has 5 heteroatoms. The monoisotopic (exact) mass is 356 g/mol. The lowest BCUT2D eigenvalue weighted by atomic mass is 9.92. The van der Waals surface area contributed by atoms with Gasteiger partial charge in [0.1, 0.15) is 5.82 Å². The summed E-state index contributed by atoms with van der Waals surface area (Å²) in [6.07, 6.45) is 0.218. The second-order valence-electron chi connectivity index (χ2n) is 4.38. The summed E-state index contributed by atoms with van der Waals surface area (Å²) in [5.41, 5.74) is 1.30. The molecule has 1 N–H and O–H groups in total. The van der Waals surface area contributed by atoms with E-state index in [1.54, 1.807) is 24.3 Å². The first-order chi connectivity index (χ1) is 9.47. The summed E-state index contributed by atoms with van der Waals surface area (Å²) in [4.78, 5) is 11.4. The van der Waals surface area contributed by atoms with Crippen LogP contribution in [-0.2, 0) is 11.2 Å². The molecule has 0 fully saturated rings. The third-order valence-corrected chi connectivity index (χ3v) is 3.89. The number of aliphatic carboxylic acids is 1. The minimum Gasteiger partial charge on any atom is -0.481 e. The standard InChI is InChI=1S/C15H11BrClFO2/c16-11-4-1-9(2-5-11)13(15(19)20)7-10-3-6-12(18)8-14(10)17/h1-6,8,13H,7H2,(H,19,20). The summed E-state index contributed by atoms with van der Waals surface area (Å²) in [7, 11) is 0. The average Bonchev–Trinajstić information content (AvgIpc) is 2.39. The van der Waals surface area contributed by atoms with E-state index in [-0.39, 0.29) is 11.4 Å². The lowest BCUT2D eigenvalue weighted by Gasteiger charge is -2.14. The highest BCUT2D eigenvalue weighted by Crippen LogP contribution is 2.27. The van der Waals surface area contributed by atoms with Crippen LogP contribution in [0.25, 0.3) is 0 Å². The molecule has 0 saturated carbocycles. The molecule has 1 atom stereocenters. The maximum atomic E-state index is 13.0. The van der Waals surface area contributed by atoms with E-state index in [4.69, 9.17) is 11.6 Å². The van der Waals surface area contributed by atoms with Crippen LogP contribution < -0.4 is 0 Å². The molecule has 0 aliphatic heterocycles. The topological polar surface area (TPSA) is 37.3 Å². The van der Waals surface area contributed by atoms with E-state index in [0.29, 0.717) is 11.1 Å². The Morgan fingerprint density at radius 1 is 1.25 bits per heavy atom. The fourth-order valence-corrected chi connectivity index (χ4v) is 2.46. The van der Waals surface area contributed by atoms with Gasteiger partial charge in [-0.2, -0.15) is 0 Å². The van der Waals surface area contributed by atoms with E-state index in [1.165, 1.54) is 18.2 Å². The quantitative estimate of drug-likeness (QED) is 0.864. The highest BCUT2D eigenvalue weighted by molar-refractivity contribution is 9.10. The molecule has 0 aromatic heterocycles. The molecular formula is C15H11BrClFO2. The smallest absolute Gasteiger partial charge is 0.311 e. The molecule has 2 nitrogen and oxygen atoms in total. The first kappa shape index (κ1) is 15.0. The van der Waals surface area contributed by atoms with Crippen LogP contribution in [-0.4, -0.2) is 11.1 Å². The summed E-state index contributed by atoms with van der Waals surface area (Å²) in [6, 6.07) is 11.1. The van der Waals surface area contributed by atoms with Gasteiger partial charge in [0, 0.05) is 9.50 Å². The largest absolute Gasteiger partial charge is 0.481 e. The summed E-state index contributed by atoms with van der Waals surface area (Å²) in [5.74, 6) is -2.09. The fraction of sp³-hybridized carbons (Fsp3) is 0.133. The predicted molar refractivity (Wildman–Crippen MR) is 79.6 cm³/mol. The molecule has 104 valence electrons. The lowest BCUT2D eigenvalue weighted by Crippen LogP contribution is -2.14. The zero-order valence-electron chi connectivity index (χ0n) is 10.3. The van der Waals surface area contributed by atoms with Crippen molar-refractivity contribution in [1.82, 2.24) is 0 Å². The second-order valence-corrected chi connectivity index (χ2v) is 5.71. The molecule has 20 heavy (non-hydrogen) atoms. The minimum atomic E-state index is -0.937. The first-order valence-corrected chi connectivity index (χ1v) is 7.06. The van der Waals surface area contributed by atoms with Crippen LogP contribution in [0.2, 0.25) is 5.02 Å². The van der Waals surface area contributed by atoms with Gasteiger partial charge < -0.3 is 5.11 Å². The molecule has 0 aliphatic carbocycles. The van der Waals surface area contributed by atoms with Crippen molar-refractivity contribution in [1.29, 1.82) is 0 Å². The van der Waals surface area contributed by atoms with E-state index in [1.807, 2.05) is 0 Å². The van der Waals surface area contributed by atoms with Crippen molar-refractivity contribution in [2.75, 3.05) is 0 Å². The molecule has 0 amide bonds. The Bertz CT molecular complexity index is 628. The molecule has 0 spiro atoms. The van der Waals surface area contributed by atoms with Crippen molar-refractivity contribution in [2.45, 2.75) is 12.3 Å². The molecule has 1 unspecified atom stereocenters. The van der Waals surface area contributed by atoms with Crippen molar-refractivity contribution in [3.05, 3.63) is 68.9 Å². The first-order valence-electron chi connectivity index (χ1n) is 5.89. The number of carboxylic acid groups (broad SMARTS) is 1. The van der Waals surface area contributed by atoms with Gasteiger partial charge in [0.15, 0.2) is 0 Å². The van der Waals surface area contributed by atoms with Gasteiger partial charge in [-0.15, -0.1) is 0 Å². The van der Waals surface area contributed by atoms with Crippen molar-refractivity contribution < 1.29 is 14.3 Å². The Kier molecular flexibility index (Phi) is 4.78. The van der Waals surface area contributed by atoms with Crippen molar-refractivity contribution in [3.63, 3.8) is 0 Å². The number of carboxylic acids is 1. The summed E-state index contributed by atoms with van der Waals surface area (Å²) in [6.45, 7) is 0. The van der Waals surface area contributed by atoms with Crippen LogP contribution in [0.5, 0.6) is 0 Å². The van der Waals surface area contributed by atoms with Gasteiger partial charge in [0.2, 0.25) is 0 Å². The number of carbonyl (C=O) groups is 1. The molecule has 2 aromatic rings. The van der Waals surface area contributed by atoms with E-state index in [2.05, 4.69) is 15.9 Å². The third-order valence-electron chi connectivity index (χ3n) is 3.01. The summed E-state index contributed by atoms with van der Waals surface area (Å²) < 4.78 is 13.9. The minimum absolute atomic E-state index is 0.218. The van der Waals surface area contributed by atoms with Crippen LogP contribution in [0.1, 0.15) is 17.0 Å². The van der Waals surface area contributed by atoms with Gasteiger partial charge in [-0.05, 0) is 41.8 Å². The Morgan fingerprint density at radius 2 is 1.90 bits per heavy atom.